The lowest BCUT2D eigenvalue weighted by Crippen LogP contribution is -2.09. The summed E-state index contributed by atoms with van der Waals surface area (Å²) in [6, 6.07) is 14.4. The molecule has 0 aliphatic rings. The number of carbonyl (C=O) groups is 2. The molecule has 0 saturated carbocycles. The number of imidazole rings is 1. The largest absolute Gasteiger partial charge is 0.494 e. The number of ether oxygens (including phenoxy) is 1. The number of benzene rings is 2. The first-order valence-electron chi connectivity index (χ1n) is 9.41. The van der Waals surface area contributed by atoms with E-state index in [2.05, 4.69) is 10.3 Å². The molecule has 0 spiro atoms. The van der Waals surface area contributed by atoms with Crippen LogP contribution < -0.4 is 10.1 Å². The summed E-state index contributed by atoms with van der Waals surface area (Å²) < 4.78 is 7.41. The zero-order valence-corrected chi connectivity index (χ0v) is 17.4. The third-order valence-corrected chi connectivity index (χ3v) is 4.20. The van der Waals surface area contributed by atoms with Crippen LogP contribution in [0.3, 0.4) is 0 Å². The monoisotopic (exact) mass is 442 g/mol. The van der Waals surface area contributed by atoms with Crippen molar-refractivity contribution < 1.29 is 29.5 Å². The number of carboxylic acids is 2. The maximum Gasteiger partial charge on any atom is 0.414 e. The second-order valence-corrected chi connectivity index (χ2v) is 6.37. The van der Waals surface area contributed by atoms with E-state index in [1.807, 2.05) is 48.9 Å². The molecule has 32 heavy (non-hydrogen) atoms. The minimum atomic E-state index is -1.82. The van der Waals surface area contributed by atoms with Crippen molar-refractivity contribution >= 4 is 23.6 Å². The van der Waals surface area contributed by atoms with Crippen molar-refractivity contribution in [1.82, 2.24) is 9.55 Å². The summed E-state index contributed by atoms with van der Waals surface area (Å²) in [5.41, 5.74) is 2.91. The van der Waals surface area contributed by atoms with Crippen molar-refractivity contribution in [3.05, 3.63) is 70.4 Å². The van der Waals surface area contributed by atoms with E-state index in [1.54, 1.807) is 18.3 Å². The minimum absolute atomic E-state index is 0.0826. The molecular weight excluding hydrogens is 420 g/mol. The normalized spacial score (nSPS) is 9.94. The van der Waals surface area contributed by atoms with Gasteiger partial charge in [-0.15, -0.1) is 0 Å². The predicted octanol–water partition coefficient (Wildman–Crippen LogP) is 3.16. The lowest BCUT2D eigenvalue weighted by molar-refractivity contribution is -0.384. The van der Waals surface area contributed by atoms with Gasteiger partial charge in [-0.05, 0) is 36.8 Å². The van der Waals surface area contributed by atoms with E-state index in [-0.39, 0.29) is 5.69 Å². The second-order valence-electron chi connectivity index (χ2n) is 6.37. The Morgan fingerprint density at radius 3 is 2.38 bits per heavy atom. The van der Waals surface area contributed by atoms with Crippen LogP contribution in [0, 0.1) is 10.1 Å². The zero-order valence-electron chi connectivity index (χ0n) is 17.4. The molecule has 11 heteroatoms. The van der Waals surface area contributed by atoms with Gasteiger partial charge in [-0.1, -0.05) is 12.1 Å². The molecule has 11 nitrogen and oxygen atoms in total. The van der Waals surface area contributed by atoms with E-state index in [1.165, 1.54) is 6.07 Å². The van der Waals surface area contributed by atoms with Crippen molar-refractivity contribution in [3.8, 4) is 17.0 Å². The second kappa shape index (κ2) is 11.1. The SMILES string of the molecule is CCOc1ccc(-c2cnc(NCc3cccc([N+](=O)[O-])c3)n2C)cc1.O=C(O)C(=O)O. The molecule has 0 unspecified atom stereocenters. The summed E-state index contributed by atoms with van der Waals surface area (Å²) in [6.45, 7) is 3.04. The van der Waals surface area contributed by atoms with Crippen LogP contribution in [0.25, 0.3) is 11.3 Å². The first-order valence-corrected chi connectivity index (χ1v) is 9.41. The van der Waals surface area contributed by atoms with Crippen LogP contribution in [-0.4, -0.2) is 43.2 Å². The van der Waals surface area contributed by atoms with Gasteiger partial charge in [0.05, 0.1) is 23.4 Å². The molecule has 0 bridgehead atoms. The molecule has 0 fully saturated rings. The quantitative estimate of drug-likeness (QED) is 0.284. The van der Waals surface area contributed by atoms with Gasteiger partial charge in [-0.2, -0.15) is 0 Å². The molecule has 0 aliphatic carbocycles. The van der Waals surface area contributed by atoms with Gasteiger partial charge in [0.25, 0.3) is 5.69 Å². The van der Waals surface area contributed by atoms with Crippen molar-refractivity contribution in [3.63, 3.8) is 0 Å². The molecule has 0 atom stereocenters. The number of non-ortho nitro benzene ring substituents is 1. The van der Waals surface area contributed by atoms with Crippen molar-refractivity contribution in [2.24, 2.45) is 7.05 Å². The van der Waals surface area contributed by atoms with E-state index in [0.717, 1.165) is 22.6 Å². The fourth-order valence-electron chi connectivity index (χ4n) is 2.69. The summed E-state index contributed by atoms with van der Waals surface area (Å²) in [4.78, 5) is 33.1. The molecule has 0 aliphatic heterocycles. The van der Waals surface area contributed by atoms with Crippen LogP contribution in [0.15, 0.2) is 54.7 Å². The molecule has 0 radical (unpaired) electrons. The summed E-state index contributed by atoms with van der Waals surface area (Å²) in [7, 11) is 1.93. The first-order chi connectivity index (χ1) is 15.2. The highest BCUT2D eigenvalue weighted by atomic mass is 16.6. The zero-order chi connectivity index (χ0) is 23.7. The van der Waals surface area contributed by atoms with Crippen LogP contribution >= 0.6 is 0 Å². The summed E-state index contributed by atoms with van der Waals surface area (Å²) in [6.07, 6.45) is 1.80. The maximum atomic E-state index is 10.9. The molecule has 0 amide bonds. The molecule has 2 aromatic carbocycles. The number of nitrogens with one attached hydrogen (secondary N) is 1. The summed E-state index contributed by atoms with van der Waals surface area (Å²) in [5, 5.41) is 28.9. The van der Waals surface area contributed by atoms with E-state index in [4.69, 9.17) is 24.5 Å². The Morgan fingerprint density at radius 2 is 1.81 bits per heavy atom. The van der Waals surface area contributed by atoms with Gasteiger partial charge in [-0.3, -0.25) is 10.1 Å². The Kier molecular flexibility index (Phi) is 8.29. The maximum absolute atomic E-state index is 10.9. The fourth-order valence-corrected chi connectivity index (χ4v) is 2.69. The van der Waals surface area contributed by atoms with E-state index < -0.39 is 16.9 Å². The highest BCUT2D eigenvalue weighted by molar-refractivity contribution is 6.27. The molecule has 3 rings (SSSR count). The average Bonchev–Trinajstić information content (AvgIpc) is 3.14. The Labute approximate surface area is 183 Å². The minimum Gasteiger partial charge on any atom is -0.494 e. The first kappa shape index (κ1) is 23.9. The van der Waals surface area contributed by atoms with Gasteiger partial charge in [-0.25, -0.2) is 14.6 Å². The lowest BCUT2D eigenvalue weighted by atomic mass is 10.1. The molecule has 1 heterocycles. The number of hydrogen-bond donors (Lipinski definition) is 3. The number of aliphatic carboxylic acids is 2. The average molecular weight is 442 g/mol. The molecule has 1 aromatic heterocycles. The highest BCUT2D eigenvalue weighted by Gasteiger charge is 2.10. The van der Waals surface area contributed by atoms with Crippen LogP contribution in [0.1, 0.15) is 12.5 Å². The molecule has 3 N–H and O–H groups in total. The van der Waals surface area contributed by atoms with Gasteiger partial charge in [0, 0.05) is 31.3 Å². The number of nitrogens with zero attached hydrogens (tertiary/aromatic N) is 3. The number of nitro benzene ring substituents is 1. The Bertz CT molecular complexity index is 1080. The number of rotatable bonds is 7. The van der Waals surface area contributed by atoms with Crippen molar-refractivity contribution in [2.45, 2.75) is 13.5 Å². The van der Waals surface area contributed by atoms with Crippen LogP contribution in [0.2, 0.25) is 0 Å². The number of aromatic nitrogens is 2. The van der Waals surface area contributed by atoms with Gasteiger partial charge in [0.1, 0.15) is 5.75 Å². The topological polar surface area (TPSA) is 157 Å². The lowest BCUT2D eigenvalue weighted by Gasteiger charge is -2.09. The van der Waals surface area contributed by atoms with E-state index in [0.29, 0.717) is 19.1 Å². The number of hydrogen-bond acceptors (Lipinski definition) is 7. The summed E-state index contributed by atoms with van der Waals surface area (Å²) >= 11 is 0. The number of carboxylic acid groups (broad SMARTS) is 2. The smallest absolute Gasteiger partial charge is 0.414 e. The van der Waals surface area contributed by atoms with Crippen LogP contribution in [0.5, 0.6) is 5.75 Å². The Morgan fingerprint density at radius 1 is 1.16 bits per heavy atom. The summed E-state index contributed by atoms with van der Waals surface area (Å²) in [5.74, 6) is -2.12. The molecule has 168 valence electrons. The molecular formula is C21H22N4O7. The third-order valence-electron chi connectivity index (χ3n) is 4.20. The fraction of sp³-hybridized carbons (Fsp3) is 0.190. The Hall–Kier alpha value is -4.41. The predicted molar refractivity (Wildman–Crippen MR) is 116 cm³/mol. The number of anilines is 1. The van der Waals surface area contributed by atoms with Crippen molar-refractivity contribution in [2.75, 3.05) is 11.9 Å². The van der Waals surface area contributed by atoms with Gasteiger partial charge in [0.15, 0.2) is 0 Å². The van der Waals surface area contributed by atoms with E-state index in [9.17, 15) is 10.1 Å². The van der Waals surface area contributed by atoms with Gasteiger partial charge in [0.2, 0.25) is 5.95 Å². The van der Waals surface area contributed by atoms with E-state index >= 15 is 0 Å². The third kappa shape index (κ3) is 6.55. The van der Waals surface area contributed by atoms with Crippen LogP contribution in [0.4, 0.5) is 11.6 Å². The van der Waals surface area contributed by atoms with Crippen LogP contribution in [-0.2, 0) is 23.2 Å². The Balaban J connectivity index is 0.000000534. The van der Waals surface area contributed by atoms with Crippen molar-refractivity contribution in [1.29, 1.82) is 0 Å². The molecule has 0 saturated heterocycles. The molecule has 3 aromatic rings. The standard InChI is InChI=1S/C19H20N4O3.C2H2O4/c1-3-26-17-9-7-15(8-10-17)18-13-21-19(22(18)2)20-12-14-5-4-6-16(11-14)23(24)25;3-1(4)2(5)6/h4-11,13H,3,12H2,1-2H3,(H,20,21);(H,3,4)(H,5,6). The van der Waals surface area contributed by atoms with Gasteiger partial charge < -0.3 is 24.8 Å². The number of nitro groups is 1. The highest BCUT2D eigenvalue weighted by Crippen LogP contribution is 2.24. The van der Waals surface area contributed by atoms with Gasteiger partial charge >= 0.3 is 11.9 Å².